The van der Waals surface area contributed by atoms with Crippen molar-refractivity contribution in [1.29, 1.82) is 0 Å². The molecule has 2 unspecified atom stereocenters. The number of nitrogens with zero attached hydrogens (tertiary/aromatic N) is 1. The highest BCUT2D eigenvalue weighted by atomic mass is 79.9. The average Bonchev–Trinajstić information content (AvgIpc) is 2.86. The second kappa shape index (κ2) is 6.62. The van der Waals surface area contributed by atoms with Gasteiger partial charge in [-0.3, -0.25) is 4.79 Å². The molecule has 0 saturated carbocycles. The van der Waals surface area contributed by atoms with Crippen molar-refractivity contribution in [2.24, 2.45) is 0 Å². The molecule has 1 aromatic rings. The molecule has 5 heteroatoms. The van der Waals surface area contributed by atoms with Crippen LogP contribution in [0.3, 0.4) is 0 Å². The summed E-state index contributed by atoms with van der Waals surface area (Å²) in [7, 11) is 0. The molecular weight excluding hydrogens is 330 g/mol. The van der Waals surface area contributed by atoms with E-state index in [1.807, 2.05) is 17.0 Å². The molecule has 104 valence electrons. The van der Waals surface area contributed by atoms with Crippen molar-refractivity contribution in [1.82, 2.24) is 4.90 Å². The number of amides is 1. The molecule has 2 atom stereocenters. The van der Waals surface area contributed by atoms with Crippen LogP contribution in [0.2, 0.25) is 5.02 Å². The first-order chi connectivity index (χ1) is 9.11. The minimum atomic E-state index is -0.488. The molecule has 0 spiro atoms. The Morgan fingerprint density at radius 1 is 1.63 bits per heavy atom. The predicted molar refractivity (Wildman–Crippen MR) is 80.1 cm³/mol. The van der Waals surface area contributed by atoms with Gasteiger partial charge in [-0.2, -0.15) is 0 Å². The first-order valence-electron chi connectivity index (χ1n) is 6.40. The molecule has 3 nitrogen and oxygen atoms in total. The number of alkyl halides is 1. The smallest absolute Gasteiger partial charge is 0.263 e. The molecule has 19 heavy (non-hydrogen) atoms. The van der Waals surface area contributed by atoms with Gasteiger partial charge in [0.1, 0.15) is 5.75 Å². The maximum atomic E-state index is 12.4. The zero-order valence-electron chi connectivity index (χ0n) is 10.8. The van der Waals surface area contributed by atoms with Gasteiger partial charge in [-0.15, -0.1) is 0 Å². The van der Waals surface area contributed by atoms with Crippen LogP contribution in [0.15, 0.2) is 24.3 Å². The molecule has 1 saturated heterocycles. The Morgan fingerprint density at radius 3 is 3.11 bits per heavy atom. The molecule has 0 N–H and O–H groups in total. The Morgan fingerprint density at radius 2 is 2.42 bits per heavy atom. The van der Waals surface area contributed by atoms with Crippen molar-refractivity contribution >= 4 is 33.4 Å². The Hall–Kier alpha value is -0.740. The molecule has 0 aromatic heterocycles. The van der Waals surface area contributed by atoms with Crippen LogP contribution in [-0.2, 0) is 4.79 Å². The number of carbonyl (C=O) groups excluding carboxylic acids is 1. The zero-order chi connectivity index (χ0) is 13.8. The Labute approximate surface area is 127 Å². The first-order valence-corrected chi connectivity index (χ1v) is 7.90. The maximum Gasteiger partial charge on any atom is 0.263 e. The largest absolute Gasteiger partial charge is 0.481 e. The van der Waals surface area contributed by atoms with Gasteiger partial charge < -0.3 is 9.64 Å². The minimum absolute atomic E-state index is 0.0434. The number of rotatable bonds is 4. The summed E-state index contributed by atoms with van der Waals surface area (Å²) < 4.78 is 5.67. The Bertz CT molecular complexity index is 455. The number of hydrogen-bond acceptors (Lipinski definition) is 2. The van der Waals surface area contributed by atoms with Crippen LogP contribution >= 0.6 is 27.5 Å². The molecule has 1 heterocycles. The van der Waals surface area contributed by atoms with Crippen LogP contribution in [-0.4, -0.2) is 34.8 Å². The van der Waals surface area contributed by atoms with E-state index in [9.17, 15) is 4.79 Å². The SMILES string of the molecule is CC(Oc1cccc(Cl)c1)C(=O)N1CCCC1CBr. The van der Waals surface area contributed by atoms with Crippen LogP contribution < -0.4 is 4.74 Å². The highest BCUT2D eigenvalue weighted by molar-refractivity contribution is 9.09. The fourth-order valence-electron chi connectivity index (χ4n) is 2.31. The highest BCUT2D eigenvalue weighted by Crippen LogP contribution is 2.22. The number of halogens is 2. The normalized spacial score (nSPS) is 20.4. The van der Waals surface area contributed by atoms with E-state index in [0.29, 0.717) is 10.8 Å². The summed E-state index contributed by atoms with van der Waals surface area (Å²) in [5, 5.41) is 1.43. The van der Waals surface area contributed by atoms with Crippen LogP contribution in [0.4, 0.5) is 0 Å². The third-order valence-corrected chi connectivity index (χ3v) is 4.28. The molecule has 1 aliphatic heterocycles. The molecular formula is C14H17BrClNO2. The number of hydrogen-bond donors (Lipinski definition) is 0. The fourth-order valence-corrected chi connectivity index (χ4v) is 3.17. The monoisotopic (exact) mass is 345 g/mol. The van der Waals surface area contributed by atoms with Gasteiger partial charge in [-0.05, 0) is 38.0 Å². The quantitative estimate of drug-likeness (QED) is 0.781. The molecule has 1 fully saturated rings. The van der Waals surface area contributed by atoms with Gasteiger partial charge >= 0.3 is 0 Å². The van der Waals surface area contributed by atoms with Crippen LogP contribution in [0.1, 0.15) is 19.8 Å². The van der Waals surface area contributed by atoms with Crippen molar-refractivity contribution in [3.63, 3.8) is 0 Å². The Kier molecular flexibility index (Phi) is 5.11. The zero-order valence-corrected chi connectivity index (χ0v) is 13.2. The Balaban J connectivity index is 1.99. The van der Waals surface area contributed by atoms with Crippen molar-refractivity contribution in [2.75, 3.05) is 11.9 Å². The maximum absolute atomic E-state index is 12.4. The fraction of sp³-hybridized carbons (Fsp3) is 0.500. The molecule has 1 aromatic carbocycles. The second-order valence-electron chi connectivity index (χ2n) is 4.70. The minimum Gasteiger partial charge on any atom is -0.481 e. The van der Waals surface area contributed by atoms with Gasteiger partial charge in [0.2, 0.25) is 0 Å². The van der Waals surface area contributed by atoms with Gasteiger partial charge in [0.15, 0.2) is 6.10 Å². The number of ether oxygens (including phenoxy) is 1. The molecule has 1 aliphatic rings. The van der Waals surface area contributed by atoms with Gasteiger partial charge in [0.05, 0.1) is 0 Å². The summed E-state index contributed by atoms with van der Waals surface area (Å²) in [5.41, 5.74) is 0. The number of carbonyl (C=O) groups is 1. The summed E-state index contributed by atoms with van der Waals surface area (Å²) in [6.45, 7) is 2.60. The topological polar surface area (TPSA) is 29.5 Å². The summed E-state index contributed by atoms with van der Waals surface area (Å²) in [5.74, 6) is 0.671. The summed E-state index contributed by atoms with van der Waals surface area (Å²) in [4.78, 5) is 14.3. The third-order valence-electron chi connectivity index (χ3n) is 3.30. The third kappa shape index (κ3) is 3.63. The van der Waals surface area contributed by atoms with Gasteiger partial charge in [0.25, 0.3) is 5.91 Å². The van der Waals surface area contributed by atoms with Crippen molar-refractivity contribution < 1.29 is 9.53 Å². The predicted octanol–water partition coefficient (Wildman–Crippen LogP) is 3.49. The lowest BCUT2D eigenvalue weighted by atomic mass is 10.2. The molecule has 1 amide bonds. The lowest BCUT2D eigenvalue weighted by Crippen LogP contribution is -2.43. The van der Waals surface area contributed by atoms with Gasteiger partial charge in [-0.1, -0.05) is 33.6 Å². The van der Waals surface area contributed by atoms with Gasteiger partial charge in [-0.25, -0.2) is 0 Å². The van der Waals surface area contributed by atoms with Crippen LogP contribution in [0.25, 0.3) is 0 Å². The lowest BCUT2D eigenvalue weighted by molar-refractivity contribution is -0.138. The van der Waals surface area contributed by atoms with Crippen molar-refractivity contribution in [3.8, 4) is 5.75 Å². The lowest BCUT2D eigenvalue weighted by Gasteiger charge is -2.26. The van der Waals surface area contributed by atoms with E-state index in [4.69, 9.17) is 16.3 Å². The molecule has 0 radical (unpaired) electrons. The summed E-state index contributed by atoms with van der Waals surface area (Å²) in [6, 6.07) is 7.41. The van der Waals surface area contributed by atoms with Gasteiger partial charge in [0, 0.05) is 22.9 Å². The molecule has 0 bridgehead atoms. The van der Waals surface area contributed by atoms with E-state index < -0.39 is 6.10 Å². The molecule has 0 aliphatic carbocycles. The highest BCUT2D eigenvalue weighted by Gasteiger charge is 2.31. The van der Waals surface area contributed by atoms with E-state index in [0.717, 1.165) is 24.7 Å². The first kappa shape index (κ1) is 14.7. The van der Waals surface area contributed by atoms with E-state index in [-0.39, 0.29) is 11.9 Å². The van der Waals surface area contributed by atoms with E-state index >= 15 is 0 Å². The van der Waals surface area contributed by atoms with Crippen LogP contribution in [0.5, 0.6) is 5.75 Å². The van der Waals surface area contributed by atoms with E-state index in [1.165, 1.54) is 0 Å². The average molecular weight is 347 g/mol. The van der Waals surface area contributed by atoms with E-state index in [1.54, 1.807) is 19.1 Å². The summed E-state index contributed by atoms with van der Waals surface area (Å²) in [6.07, 6.45) is 1.63. The van der Waals surface area contributed by atoms with E-state index in [2.05, 4.69) is 15.9 Å². The number of likely N-dealkylation sites (tertiary alicyclic amines) is 1. The summed E-state index contributed by atoms with van der Waals surface area (Å²) >= 11 is 9.36. The second-order valence-corrected chi connectivity index (χ2v) is 5.78. The number of benzene rings is 1. The van der Waals surface area contributed by atoms with Crippen LogP contribution in [0, 0.1) is 0 Å². The molecule has 2 rings (SSSR count). The van der Waals surface area contributed by atoms with Crippen molar-refractivity contribution in [3.05, 3.63) is 29.3 Å². The van der Waals surface area contributed by atoms with Crippen molar-refractivity contribution in [2.45, 2.75) is 31.9 Å². The standard InChI is InChI=1S/C14H17BrClNO2/c1-10(19-13-6-2-4-11(16)8-13)14(18)17-7-3-5-12(17)9-15/h2,4,6,8,10,12H,3,5,7,9H2,1H3.